The van der Waals surface area contributed by atoms with Gasteiger partial charge >= 0.3 is 5.97 Å². The lowest BCUT2D eigenvalue weighted by Crippen LogP contribution is -2.05. The summed E-state index contributed by atoms with van der Waals surface area (Å²) in [5.74, 6) is -1.04. The standard InChI is InChI=1S/C15H10N4O2/c1-9-5-6-10(8-16)7-13(9)19-14-11(15(20)21)3-2-4-12(14)17-18-19/h2-7H,1H3,(H,20,21). The molecule has 0 aliphatic carbocycles. The molecule has 2 aromatic carbocycles. The van der Waals surface area contributed by atoms with Gasteiger partial charge in [0.2, 0.25) is 0 Å². The normalized spacial score (nSPS) is 10.5. The molecule has 0 unspecified atom stereocenters. The zero-order chi connectivity index (χ0) is 15.0. The maximum atomic E-state index is 11.4. The lowest BCUT2D eigenvalue weighted by Gasteiger charge is -2.08. The number of hydrogen-bond acceptors (Lipinski definition) is 4. The van der Waals surface area contributed by atoms with Crippen molar-refractivity contribution >= 4 is 17.0 Å². The maximum Gasteiger partial charge on any atom is 0.337 e. The Kier molecular flexibility index (Phi) is 2.88. The SMILES string of the molecule is Cc1ccc(C#N)cc1-n1nnc2cccc(C(=O)O)c21. The van der Waals surface area contributed by atoms with Crippen molar-refractivity contribution in [2.45, 2.75) is 6.92 Å². The maximum absolute atomic E-state index is 11.4. The van der Waals surface area contributed by atoms with Gasteiger partial charge in [-0.1, -0.05) is 17.3 Å². The van der Waals surface area contributed by atoms with Crippen LogP contribution in [0.1, 0.15) is 21.5 Å². The first kappa shape index (κ1) is 12.8. The summed E-state index contributed by atoms with van der Waals surface area (Å²) < 4.78 is 1.47. The first-order valence-electron chi connectivity index (χ1n) is 6.20. The van der Waals surface area contributed by atoms with Crippen LogP contribution < -0.4 is 0 Å². The average Bonchev–Trinajstić information content (AvgIpc) is 2.91. The third-order valence-corrected chi connectivity index (χ3v) is 3.27. The highest BCUT2D eigenvalue weighted by atomic mass is 16.4. The second-order valence-corrected chi connectivity index (χ2v) is 4.59. The first-order chi connectivity index (χ1) is 10.1. The van der Waals surface area contributed by atoms with Gasteiger partial charge in [0.05, 0.1) is 22.9 Å². The lowest BCUT2D eigenvalue weighted by molar-refractivity contribution is 0.0698. The number of hydrogen-bond donors (Lipinski definition) is 1. The Morgan fingerprint density at radius 2 is 2.14 bits per heavy atom. The van der Waals surface area contributed by atoms with Crippen molar-refractivity contribution in [3.8, 4) is 11.8 Å². The van der Waals surface area contributed by atoms with Crippen LogP contribution in [0.15, 0.2) is 36.4 Å². The van der Waals surface area contributed by atoms with E-state index < -0.39 is 5.97 Å². The zero-order valence-electron chi connectivity index (χ0n) is 11.1. The molecule has 3 aromatic rings. The molecule has 6 nitrogen and oxygen atoms in total. The molecule has 0 aliphatic rings. The molecule has 0 radical (unpaired) electrons. The van der Waals surface area contributed by atoms with E-state index in [-0.39, 0.29) is 5.56 Å². The smallest absolute Gasteiger partial charge is 0.337 e. The van der Waals surface area contributed by atoms with Gasteiger partial charge in [0.1, 0.15) is 11.0 Å². The van der Waals surface area contributed by atoms with E-state index in [2.05, 4.69) is 16.4 Å². The summed E-state index contributed by atoms with van der Waals surface area (Å²) >= 11 is 0. The Bertz CT molecular complexity index is 906. The number of nitrogens with zero attached hydrogens (tertiary/aromatic N) is 4. The number of carboxylic acids is 1. The number of aromatic carboxylic acids is 1. The Morgan fingerprint density at radius 1 is 1.33 bits per heavy atom. The average molecular weight is 278 g/mol. The first-order valence-corrected chi connectivity index (χ1v) is 6.20. The summed E-state index contributed by atoms with van der Waals surface area (Å²) in [6.07, 6.45) is 0. The number of fused-ring (bicyclic) bond motifs is 1. The molecule has 21 heavy (non-hydrogen) atoms. The predicted molar refractivity (Wildman–Crippen MR) is 75.3 cm³/mol. The summed E-state index contributed by atoms with van der Waals surface area (Å²) in [4.78, 5) is 11.4. The molecular formula is C15H10N4O2. The van der Waals surface area contributed by atoms with Crippen molar-refractivity contribution in [1.29, 1.82) is 5.26 Å². The highest BCUT2D eigenvalue weighted by molar-refractivity contribution is 6.01. The van der Waals surface area contributed by atoms with Crippen LogP contribution in [0.4, 0.5) is 0 Å². The van der Waals surface area contributed by atoms with Crippen molar-refractivity contribution in [2.75, 3.05) is 0 Å². The number of aromatic nitrogens is 3. The molecule has 0 saturated heterocycles. The minimum atomic E-state index is -1.04. The van der Waals surface area contributed by atoms with E-state index in [9.17, 15) is 9.90 Å². The minimum absolute atomic E-state index is 0.124. The summed E-state index contributed by atoms with van der Waals surface area (Å²) in [6, 6.07) is 12.1. The molecule has 3 rings (SSSR count). The van der Waals surface area contributed by atoms with Crippen LogP contribution in [0, 0.1) is 18.3 Å². The van der Waals surface area contributed by atoms with E-state index in [1.165, 1.54) is 10.7 Å². The second-order valence-electron chi connectivity index (χ2n) is 4.59. The number of aryl methyl sites for hydroxylation is 1. The number of nitriles is 1. The van der Waals surface area contributed by atoms with Gasteiger partial charge in [-0.3, -0.25) is 0 Å². The fraction of sp³-hybridized carbons (Fsp3) is 0.0667. The topological polar surface area (TPSA) is 91.8 Å². The van der Waals surface area contributed by atoms with Crippen molar-refractivity contribution in [3.63, 3.8) is 0 Å². The molecular weight excluding hydrogens is 268 g/mol. The Balaban J connectivity index is 2.36. The second kappa shape index (κ2) is 4.72. The van der Waals surface area contributed by atoms with Gasteiger partial charge in [-0.2, -0.15) is 5.26 Å². The van der Waals surface area contributed by atoms with Gasteiger partial charge in [-0.15, -0.1) is 5.10 Å². The zero-order valence-corrected chi connectivity index (χ0v) is 11.1. The third-order valence-electron chi connectivity index (χ3n) is 3.27. The molecule has 0 spiro atoms. The highest BCUT2D eigenvalue weighted by Gasteiger charge is 2.16. The molecule has 102 valence electrons. The fourth-order valence-electron chi connectivity index (χ4n) is 2.22. The Morgan fingerprint density at radius 3 is 2.86 bits per heavy atom. The van der Waals surface area contributed by atoms with Crippen LogP contribution >= 0.6 is 0 Å². The van der Waals surface area contributed by atoms with Crippen LogP contribution in [-0.2, 0) is 0 Å². The molecule has 0 amide bonds. The minimum Gasteiger partial charge on any atom is -0.478 e. The van der Waals surface area contributed by atoms with E-state index >= 15 is 0 Å². The van der Waals surface area contributed by atoms with Gasteiger partial charge in [0, 0.05) is 0 Å². The van der Waals surface area contributed by atoms with Gasteiger partial charge in [0.15, 0.2) is 0 Å². The number of benzene rings is 2. The molecule has 6 heteroatoms. The summed E-state index contributed by atoms with van der Waals surface area (Å²) in [5, 5.41) is 26.4. The van der Waals surface area contributed by atoms with Crippen LogP contribution in [0.2, 0.25) is 0 Å². The van der Waals surface area contributed by atoms with Crippen LogP contribution in [0.3, 0.4) is 0 Å². The van der Waals surface area contributed by atoms with E-state index in [1.807, 2.05) is 6.92 Å². The lowest BCUT2D eigenvalue weighted by atomic mass is 10.1. The molecule has 0 fully saturated rings. The Labute approximate surface area is 119 Å². The van der Waals surface area contributed by atoms with E-state index in [0.717, 1.165) is 5.56 Å². The monoisotopic (exact) mass is 278 g/mol. The number of para-hydroxylation sites is 1. The highest BCUT2D eigenvalue weighted by Crippen LogP contribution is 2.23. The van der Waals surface area contributed by atoms with Gasteiger partial charge < -0.3 is 5.11 Å². The molecule has 1 heterocycles. The van der Waals surface area contributed by atoms with E-state index in [1.54, 1.807) is 30.3 Å². The van der Waals surface area contributed by atoms with E-state index in [4.69, 9.17) is 5.26 Å². The van der Waals surface area contributed by atoms with Gasteiger partial charge in [-0.25, -0.2) is 9.48 Å². The summed E-state index contributed by atoms with van der Waals surface area (Å²) in [6.45, 7) is 1.87. The van der Waals surface area contributed by atoms with Gasteiger partial charge in [-0.05, 0) is 36.8 Å². The largest absolute Gasteiger partial charge is 0.478 e. The van der Waals surface area contributed by atoms with Crippen molar-refractivity contribution in [3.05, 3.63) is 53.1 Å². The van der Waals surface area contributed by atoms with Crippen molar-refractivity contribution < 1.29 is 9.90 Å². The number of carboxylic acid groups (broad SMARTS) is 1. The van der Waals surface area contributed by atoms with Crippen molar-refractivity contribution in [1.82, 2.24) is 15.0 Å². The number of rotatable bonds is 2. The summed E-state index contributed by atoms with van der Waals surface area (Å²) in [5.41, 5.74) is 3.04. The fourth-order valence-corrected chi connectivity index (χ4v) is 2.22. The van der Waals surface area contributed by atoms with Crippen LogP contribution in [0.25, 0.3) is 16.7 Å². The molecule has 0 bridgehead atoms. The Hall–Kier alpha value is -3.20. The van der Waals surface area contributed by atoms with Crippen molar-refractivity contribution in [2.24, 2.45) is 0 Å². The predicted octanol–water partition coefficient (Wildman–Crippen LogP) is 2.30. The quantitative estimate of drug-likeness (QED) is 0.776. The number of carbonyl (C=O) groups is 1. The van der Waals surface area contributed by atoms with E-state index in [0.29, 0.717) is 22.3 Å². The van der Waals surface area contributed by atoms with Crippen LogP contribution in [0.5, 0.6) is 0 Å². The molecule has 1 aromatic heterocycles. The van der Waals surface area contributed by atoms with Gasteiger partial charge in [0.25, 0.3) is 0 Å². The molecule has 0 aliphatic heterocycles. The third kappa shape index (κ3) is 2.01. The van der Waals surface area contributed by atoms with Crippen LogP contribution in [-0.4, -0.2) is 26.1 Å². The molecule has 0 atom stereocenters. The summed E-state index contributed by atoms with van der Waals surface area (Å²) in [7, 11) is 0. The molecule has 1 N–H and O–H groups in total. The molecule has 0 saturated carbocycles.